The van der Waals surface area contributed by atoms with Gasteiger partial charge >= 0.3 is 18.9 Å². The molecule has 0 saturated carbocycles. The second-order valence-electron chi connectivity index (χ2n) is 1.57. The van der Waals surface area contributed by atoms with Crippen LogP contribution in [0.5, 0.6) is 0 Å². The van der Waals surface area contributed by atoms with E-state index >= 15 is 0 Å². The van der Waals surface area contributed by atoms with Crippen molar-refractivity contribution in [2.75, 3.05) is 0 Å². The summed E-state index contributed by atoms with van der Waals surface area (Å²) in [5.41, 5.74) is 0. The van der Waals surface area contributed by atoms with Gasteiger partial charge in [0.1, 0.15) is 5.78 Å². The molecule has 0 aromatic carbocycles. The van der Waals surface area contributed by atoms with Crippen molar-refractivity contribution < 1.29 is 33.6 Å². The largest absolute Gasteiger partial charge is 1.00 e. The third-order valence-corrected chi connectivity index (χ3v) is 0.681. The molecule has 0 aliphatic rings. The minimum Gasteiger partial charge on any atom is -0.550 e. The van der Waals surface area contributed by atoms with E-state index in [9.17, 15) is 14.7 Å². The van der Waals surface area contributed by atoms with E-state index in [0.29, 0.717) is 0 Å². The Morgan fingerprint density at radius 3 is 1.89 bits per heavy atom. The first kappa shape index (κ1) is 11.5. The SMILES string of the molecule is CC(=O)CCC(=O)[O-].[Li+]. The Balaban J connectivity index is 0. The number of carbonyl (C=O) groups excluding carboxylic acids is 2. The molecule has 3 nitrogen and oxygen atoms in total. The van der Waals surface area contributed by atoms with Gasteiger partial charge in [0, 0.05) is 12.4 Å². The summed E-state index contributed by atoms with van der Waals surface area (Å²) < 4.78 is 0. The molecule has 0 unspecified atom stereocenters. The van der Waals surface area contributed by atoms with Crippen molar-refractivity contribution >= 4 is 11.8 Å². The molecule has 0 heterocycles. The Kier molecular flexibility index (Phi) is 7.51. The van der Waals surface area contributed by atoms with E-state index in [0.717, 1.165) is 0 Å². The van der Waals surface area contributed by atoms with Crippen LogP contribution in [-0.4, -0.2) is 11.8 Å². The van der Waals surface area contributed by atoms with Crippen LogP contribution in [0.3, 0.4) is 0 Å². The molecule has 0 aliphatic carbocycles. The van der Waals surface area contributed by atoms with E-state index in [1.807, 2.05) is 0 Å². The third kappa shape index (κ3) is 11.3. The van der Waals surface area contributed by atoms with Crippen molar-refractivity contribution in [2.45, 2.75) is 19.8 Å². The van der Waals surface area contributed by atoms with E-state index in [2.05, 4.69) is 0 Å². The number of hydrogen-bond acceptors (Lipinski definition) is 3. The van der Waals surface area contributed by atoms with Gasteiger partial charge in [-0.2, -0.15) is 0 Å². The van der Waals surface area contributed by atoms with Crippen LogP contribution in [0.25, 0.3) is 0 Å². The van der Waals surface area contributed by atoms with Gasteiger partial charge in [0.2, 0.25) is 0 Å². The second kappa shape index (κ2) is 5.87. The van der Waals surface area contributed by atoms with Gasteiger partial charge in [0.05, 0.1) is 0 Å². The summed E-state index contributed by atoms with van der Waals surface area (Å²) in [4.78, 5) is 19.7. The van der Waals surface area contributed by atoms with E-state index in [4.69, 9.17) is 0 Å². The van der Waals surface area contributed by atoms with Crippen molar-refractivity contribution in [3.8, 4) is 0 Å². The maximum absolute atomic E-state index is 10.1. The topological polar surface area (TPSA) is 57.2 Å². The molecule has 0 saturated heterocycles. The first-order valence-electron chi connectivity index (χ1n) is 2.32. The molecule has 4 heteroatoms. The monoisotopic (exact) mass is 122 g/mol. The minimum atomic E-state index is -1.17. The number of aliphatic carboxylic acids is 1. The average molecular weight is 122 g/mol. The molecular formula is C5H7LiO3. The van der Waals surface area contributed by atoms with Crippen LogP contribution in [0.4, 0.5) is 0 Å². The first-order valence-corrected chi connectivity index (χ1v) is 2.32. The fourth-order valence-electron chi connectivity index (χ4n) is 0.278. The number of carbonyl (C=O) groups is 2. The molecule has 0 atom stereocenters. The van der Waals surface area contributed by atoms with Gasteiger partial charge in [-0.3, -0.25) is 0 Å². The smallest absolute Gasteiger partial charge is 0.550 e. The van der Waals surface area contributed by atoms with Crippen LogP contribution in [0.1, 0.15) is 19.8 Å². The molecule has 0 bridgehead atoms. The summed E-state index contributed by atoms with van der Waals surface area (Å²) in [5.74, 6) is -1.28. The number of Topliss-reactive ketones (excluding diaryl/α,β-unsaturated/α-hetero) is 1. The predicted octanol–water partition coefficient (Wildman–Crippen LogP) is -3.89. The summed E-state index contributed by atoms with van der Waals surface area (Å²) >= 11 is 0. The van der Waals surface area contributed by atoms with Crippen molar-refractivity contribution in [3.63, 3.8) is 0 Å². The Bertz CT molecular complexity index is 96.8. The van der Waals surface area contributed by atoms with E-state index in [-0.39, 0.29) is 37.5 Å². The maximum atomic E-state index is 10.1. The zero-order valence-corrected chi connectivity index (χ0v) is 5.64. The van der Waals surface area contributed by atoms with Gasteiger partial charge in [-0.25, -0.2) is 0 Å². The maximum Gasteiger partial charge on any atom is 1.00 e. The Hall–Kier alpha value is -0.263. The van der Waals surface area contributed by atoms with Crippen molar-refractivity contribution in [1.82, 2.24) is 0 Å². The second-order valence-corrected chi connectivity index (χ2v) is 1.57. The van der Waals surface area contributed by atoms with Crippen LogP contribution in [0.2, 0.25) is 0 Å². The Labute approximate surface area is 65.6 Å². The van der Waals surface area contributed by atoms with Gasteiger partial charge in [-0.1, -0.05) is 0 Å². The molecule has 0 N–H and O–H groups in total. The van der Waals surface area contributed by atoms with Crippen LogP contribution in [0, 0.1) is 0 Å². The molecule has 46 valence electrons. The van der Waals surface area contributed by atoms with E-state index < -0.39 is 5.97 Å². The molecule has 0 aliphatic heterocycles. The van der Waals surface area contributed by atoms with Crippen LogP contribution < -0.4 is 24.0 Å². The average Bonchev–Trinajstić information content (AvgIpc) is 1.61. The Morgan fingerprint density at radius 1 is 1.33 bits per heavy atom. The van der Waals surface area contributed by atoms with Crippen LogP contribution >= 0.6 is 0 Å². The van der Waals surface area contributed by atoms with Crippen LogP contribution in [0.15, 0.2) is 0 Å². The van der Waals surface area contributed by atoms with Gasteiger partial charge in [0.25, 0.3) is 0 Å². The molecule has 0 fully saturated rings. The van der Waals surface area contributed by atoms with Gasteiger partial charge in [-0.15, -0.1) is 0 Å². The molecule has 0 radical (unpaired) electrons. The predicted molar refractivity (Wildman–Crippen MR) is 24.9 cm³/mol. The third-order valence-electron chi connectivity index (χ3n) is 0.681. The van der Waals surface area contributed by atoms with Crippen molar-refractivity contribution in [1.29, 1.82) is 0 Å². The van der Waals surface area contributed by atoms with Gasteiger partial charge < -0.3 is 14.7 Å². The molecule has 0 aromatic rings. The number of carboxylic acid groups (broad SMARTS) is 1. The van der Waals surface area contributed by atoms with Crippen molar-refractivity contribution in [2.24, 2.45) is 0 Å². The molecule has 9 heavy (non-hydrogen) atoms. The molecule has 0 amide bonds. The Morgan fingerprint density at radius 2 is 1.78 bits per heavy atom. The minimum absolute atomic E-state index is 0. The molecular weight excluding hydrogens is 115 g/mol. The molecule has 0 aromatic heterocycles. The summed E-state index contributed by atoms with van der Waals surface area (Å²) in [6.07, 6.45) is -0.0718. The summed E-state index contributed by atoms with van der Waals surface area (Å²) in [7, 11) is 0. The normalized spacial score (nSPS) is 7.67. The first-order chi connectivity index (χ1) is 3.63. The fourth-order valence-corrected chi connectivity index (χ4v) is 0.278. The number of carboxylic acids is 1. The zero-order chi connectivity index (χ0) is 6.57. The van der Waals surface area contributed by atoms with Crippen molar-refractivity contribution in [3.05, 3.63) is 0 Å². The molecule has 0 spiro atoms. The van der Waals surface area contributed by atoms with E-state index in [1.165, 1.54) is 6.92 Å². The van der Waals surface area contributed by atoms with Crippen LogP contribution in [-0.2, 0) is 9.59 Å². The summed E-state index contributed by atoms with van der Waals surface area (Å²) in [5, 5.41) is 9.64. The van der Waals surface area contributed by atoms with E-state index in [1.54, 1.807) is 0 Å². The van der Waals surface area contributed by atoms with Gasteiger partial charge in [-0.05, 0) is 13.3 Å². The summed E-state index contributed by atoms with van der Waals surface area (Å²) in [6.45, 7) is 1.35. The zero-order valence-electron chi connectivity index (χ0n) is 5.64. The summed E-state index contributed by atoms with van der Waals surface area (Å²) in [6, 6.07) is 0. The number of rotatable bonds is 3. The number of hydrogen-bond donors (Lipinski definition) is 0. The fraction of sp³-hybridized carbons (Fsp3) is 0.600. The molecule has 0 rings (SSSR count). The van der Waals surface area contributed by atoms with Gasteiger partial charge in [0.15, 0.2) is 0 Å². The standard InChI is InChI=1S/C5H8O3.Li/c1-4(6)2-3-5(7)8;/h2-3H2,1H3,(H,7,8);/q;+1/p-1. The quantitative estimate of drug-likeness (QED) is 0.359. The number of ketones is 1.